The Bertz CT molecular complexity index is 485. The highest BCUT2D eigenvalue weighted by atomic mass is 19.1. The van der Waals surface area contributed by atoms with Crippen molar-refractivity contribution in [2.24, 2.45) is 5.92 Å². The molecule has 2 rings (SSSR count). The van der Waals surface area contributed by atoms with E-state index in [0.717, 1.165) is 24.6 Å². The Labute approximate surface area is 114 Å². The third-order valence-corrected chi connectivity index (χ3v) is 3.52. The van der Waals surface area contributed by atoms with Crippen LogP contribution < -0.4 is 0 Å². The summed E-state index contributed by atoms with van der Waals surface area (Å²) in [6.45, 7) is 1.61. The average Bonchev–Trinajstić information content (AvgIpc) is 2.30. The topological polar surface area (TPSA) is 23.5 Å². The van der Waals surface area contributed by atoms with Crippen molar-refractivity contribution in [3.05, 3.63) is 35.1 Å². The molecule has 2 nitrogen and oxygen atoms in total. The van der Waals surface area contributed by atoms with Gasteiger partial charge in [0.15, 0.2) is 0 Å². The molecular weight excluding hydrogens is 241 g/mol. The van der Waals surface area contributed by atoms with Gasteiger partial charge in [0.1, 0.15) is 12.4 Å². The van der Waals surface area contributed by atoms with Crippen LogP contribution in [0.5, 0.6) is 0 Å². The number of rotatable bonds is 4. The predicted molar refractivity (Wildman–Crippen MR) is 74.0 cm³/mol. The van der Waals surface area contributed by atoms with Crippen molar-refractivity contribution in [3.8, 4) is 11.8 Å². The number of halogens is 1. The molecule has 1 saturated carbocycles. The number of aliphatic hydroxyl groups excluding tert-OH is 1. The molecule has 1 N–H and O–H groups in total. The highest BCUT2D eigenvalue weighted by molar-refractivity contribution is 5.37. The van der Waals surface area contributed by atoms with Crippen LogP contribution in [0.15, 0.2) is 18.2 Å². The molecule has 102 valence electrons. The molecule has 0 unspecified atom stereocenters. The van der Waals surface area contributed by atoms with E-state index in [9.17, 15) is 4.39 Å². The summed E-state index contributed by atoms with van der Waals surface area (Å²) in [5, 5.41) is 8.67. The molecule has 0 radical (unpaired) electrons. The quantitative estimate of drug-likeness (QED) is 0.841. The van der Waals surface area contributed by atoms with E-state index in [1.807, 2.05) is 6.07 Å². The SMILES string of the molecule is CN(Cc1cc(F)cc(C#CCO)c1)CC1CCC1. The van der Waals surface area contributed by atoms with Gasteiger partial charge < -0.3 is 10.0 Å². The van der Waals surface area contributed by atoms with Crippen LogP contribution >= 0.6 is 0 Å². The van der Waals surface area contributed by atoms with Gasteiger partial charge in [-0.05, 0) is 49.6 Å². The fraction of sp³-hybridized carbons (Fsp3) is 0.500. The lowest BCUT2D eigenvalue weighted by atomic mass is 9.85. The zero-order valence-corrected chi connectivity index (χ0v) is 11.3. The van der Waals surface area contributed by atoms with Crippen LogP contribution in [0.4, 0.5) is 4.39 Å². The molecule has 1 aromatic rings. The molecule has 0 heterocycles. The minimum Gasteiger partial charge on any atom is -0.384 e. The Morgan fingerprint density at radius 2 is 2.16 bits per heavy atom. The normalized spacial score (nSPS) is 14.9. The Morgan fingerprint density at radius 1 is 1.37 bits per heavy atom. The third kappa shape index (κ3) is 4.34. The first-order chi connectivity index (χ1) is 9.17. The van der Waals surface area contributed by atoms with Gasteiger partial charge >= 0.3 is 0 Å². The highest BCUT2D eigenvalue weighted by Crippen LogP contribution is 2.27. The zero-order valence-electron chi connectivity index (χ0n) is 11.3. The first kappa shape index (κ1) is 14.0. The van der Waals surface area contributed by atoms with Crippen LogP contribution in [0, 0.1) is 23.6 Å². The fourth-order valence-corrected chi connectivity index (χ4v) is 2.45. The number of nitrogens with zero attached hydrogens (tertiary/aromatic N) is 1. The van der Waals surface area contributed by atoms with Crippen LogP contribution in [0.2, 0.25) is 0 Å². The second kappa shape index (κ2) is 6.70. The molecule has 0 aliphatic heterocycles. The van der Waals surface area contributed by atoms with E-state index in [0.29, 0.717) is 5.56 Å². The van der Waals surface area contributed by atoms with E-state index in [2.05, 4.69) is 23.8 Å². The maximum absolute atomic E-state index is 13.5. The number of benzene rings is 1. The standard InChI is InChI=1S/C16H20FNO/c1-18(11-13-4-2-5-13)12-15-8-14(6-3-7-19)9-16(17)10-15/h8-10,13,19H,2,4-5,7,11-12H2,1H3. The molecule has 0 saturated heterocycles. The van der Waals surface area contributed by atoms with E-state index in [-0.39, 0.29) is 12.4 Å². The van der Waals surface area contributed by atoms with Crippen LogP contribution in [0.25, 0.3) is 0 Å². The molecule has 0 atom stereocenters. The van der Waals surface area contributed by atoms with Crippen molar-refractivity contribution in [2.45, 2.75) is 25.8 Å². The van der Waals surface area contributed by atoms with Gasteiger partial charge in [0.2, 0.25) is 0 Å². The number of hydrogen-bond donors (Lipinski definition) is 1. The number of aliphatic hydroxyl groups is 1. The van der Waals surface area contributed by atoms with Gasteiger partial charge in [0.25, 0.3) is 0 Å². The molecule has 19 heavy (non-hydrogen) atoms. The molecule has 1 aliphatic carbocycles. The molecule has 0 aromatic heterocycles. The molecule has 0 amide bonds. The summed E-state index contributed by atoms with van der Waals surface area (Å²) in [5.41, 5.74) is 1.56. The van der Waals surface area contributed by atoms with Gasteiger partial charge in [0, 0.05) is 18.7 Å². The van der Waals surface area contributed by atoms with Gasteiger partial charge in [-0.1, -0.05) is 18.3 Å². The summed E-state index contributed by atoms with van der Waals surface area (Å²) in [5.74, 6) is 5.85. The Hall–Kier alpha value is -1.37. The molecule has 1 fully saturated rings. The minimum atomic E-state index is -0.267. The van der Waals surface area contributed by atoms with E-state index < -0.39 is 0 Å². The van der Waals surface area contributed by atoms with Crippen molar-refractivity contribution in [1.29, 1.82) is 0 Å². The summed E-state index contributed by atoms with van der Waals surface area (Å²) < 4.78 is 13.5. The Kier molecular flexibility index (Phi) is 4.95. The van der Waals surface area contributed by atoms with E-state index in [4.69, 9.17) is 5.11 Å². The molecule has 0 bridgehead atoms. The summed E-state index contributed by atoms with van der Waals surface area (Å²) in [6.07, 6.45) is 3.99. The lowest BCUT2D eigenvalue weighted by Crippen LogP contribution is -2.29. The summed E-state index contributed by atoms with van der Waals surface area (Å²) in [4.78, 5) is 2.24. The Balaban J connectivity index is 2.00. The van der Waals surface area contributed by atoms with Crippen molar-refractivity contribution >= 4 is 0 Å². The first-order valence-corrected chi connectivity index (χ1v) is 6.75. The molecule has 1 aliphatic rings. The highest BCUT2D eigenvalue weighted by Gasteiger charge is 2.19. The molecule has 3 heteroatoms. The van der Waals surface area contributed by atoms with E-state index in [1.54, 1.807) is 6.07 Å². The largest absolute Gasteiger partial charge is 0.384 e. The fourth-order valence-electron chi connectivity index (χ4n) is 2.45. The monoisotopic (exact) mass is 261 g/mol. The van der Waals surface area contributed by atoms with Crippen LogP contribution in [-0.2, 0) is 6.54 Å². The van der Waals surface area contributed by atoms with Crippen molar-refractivity contribution in [3.63, 3.8) is 0 Å². The van der Waals surface area contributed by atoms with Gasteiger partial charge in [-0.25, -0.2) is 4.39 Å². The third-order valence-electron chi connectivity index (χ3n) is 3.52. The van der Waals surface area contributed by atoms with Gasteiger partial charge in [-0.2, -0.15) is 0 Å². The van der Waals surface area contributed by atoms with Crippen LogP contribution in [0.3, 0.4) is 0 Å². The van der Waals surface area contributed by atoms with Crippen LogP contribution in [0.1, 0.15) is 30.4 Å². The van der Waals surface area contributed by atoms with Gasteiger partial charge in [-0.3, -0.25) is 0 Å². The summed E-state index contributed by atoms with van der Waals surface area (Å²) >= 11 is 0. The lowest BCUT2D eigenvalue weighted by molar-refractivity contribution is 0.200. The van der Waals surface area contributed by atoms with Crippen molar-refractivity contribution in [1.82, 2.24) is 4.90 Å². The molecular formula is C16H20FNO. The zero-order chi connectivity index (χ0) is 13.7. The second-order valence-corrected chi connectivity index (χ2v) is 5.30. The summed E-state index contributed by atoms with van der Waals surface area (Å²) in [6, 6.07) is 4.85. The lowest BCUT2D eigenvalue weighted by Gasteiger charge is -2.30. The average molecular weight is 261 g/mol. The van der Waals surface area contributed by atoms with Crippen LogP contribution in [-0.4, -0.2) is 30.2 Å². The maximum Gasteiger partial charge on any atom is 0.124 e. The Morgan fingerprint density at radius 3 is 2.79 bits per heavy atom. The van der Waals surface area contributed by atoms with E-state index in [1.165, 1.54) is 25.3 Å². The predicted octanol–water partition coefficient (Wildman–Crippen LogP) is 2.40. The first-order valence-electron chi connectivity index (χ1n) is 6.75. The second-order valence-electron chi connectivity index (χ2n) is 5.30. The maximum atomic E-state index is 13.5. The smallest absolute Gasteiger partial charge is 0.124 e. The number of hydrogen-bond acceptors (Lipinski definition) is 2. The van der Waals surface area contributed by atoms with Crippen molar-refractivity contribution < 1.29 is 9.50 Å². The molecule has 0 spiro atoms. The summed E-state index contributed by atoms with van der Waals surface area (Å²) in [7, 11) is 2.07. The van der Waals surface area contributed by atoms with E-state index >= 15 is 0 Å². The van der Waals surface area contributed by atoms with Gasteiger partial charge in [0.05, 0.1) is 0 Å². The van der Waals surface area contributed by atoms with Crippen molar-refractivity contribution in [2.75, 3.05) is 20.2 Å². The molecule has 1 aromatic carbocycles. The van der Waals surface area contributed by atoms with Gasteiger partial charge in [-0.15, -0.1) is 0 Å². The minimum absolute atomic E-state index is 0.201.